The van der Waals surface area contributed by atoms with Gasteiger partial charge < -0.3 is 8.60 Å². The first kappa shape index (κ1) is 16.9. The maximum atomic E-state index is 12.4. The summed E-state index contributed by atoms with van der Waals surface area (Å²) in [5.74, 6) is -0.137. The van der Waals surface area contributed by atoms with Gasteiger partial charge in [0.15, 0.2) is 5.78 Å². The molecule has 0 amide bonds. The topological polar surface area (TPSA) is 90.6 Å². The van der Waals surface area contributed by atoms with E-state index in [0.717, 1.165) is 5.56 Å². The van der Waals surface area contributed by atoms with Crippen LogP contribution in [0.25, 0.3) is 11.0 Å². The van der Waals surface area contributed by atoms with Gasteiger partial charge in [0.1, 0.15) is 16.2 Å². The molecular formula is C18H14O6S. The fraction of sp³-hybridized carbons (Fsp3) is 0.111. The second kappa shape index (κ2) is 6.18. The monoisotopic (exact) mass is 358 g/mol. The highest BCUT2D eigenvalue weighted by atomic mass is 32.2. The molecule has 0 unspecified atom stereocenters. The van der Waals surface area contributed by atoms with Crippen molar-refractivity contribution >= 4 is 26.9 Å². The Balaban J connectivity index is 1.96. The summed E-state index contributed by atoms with van der Waals surface area (Å²) in [5, 5.41) is 0.690. The van der Waals surface area contributed by atoms with Crippen molar-refractivity contribution in [3.63, 3.8) is 0 Å². The Bertz CT molecular complexity index is 1120. The van der Waals surface area contributed by atoms with Gasteiger partial charge in [-0.3, -0.25) is 4.79 Å². The minimum atomic E-state index is -4.08. The molecular weight excluding hydrogens is 344 g/mol. The molecule has 0 aliphatic rings. The van der Waals surface area contributed by atoms with Crippen molar-refractivity contribution in [2.24, 2.45) is 0 Å². The zero-order chi connectivity index (χ0) is 18.2. The van der Waals surface area contributed by atoms with E-state index in [1.54, 1.807) is 13.0 Å². The lowest BCUT2D eigenvalue weighted by Gasteiger charge is -2.08. The van der Waals surface area contributed by atoms with Crippen LogP contribution in [0, 0.1) is 6.92 Å². The largest absolute Gasteiger partial charge is 0.423 e. The first-order chi connectivity index (χ1) is 11.8. The van der Waals surface area contributed by atoms with Crippen LogP contribution >= 0.6 is 0 Å². The highest BCUT2D eigenvalue weighted by Gasteiger charge is 2.17. The zero-order valence-electron chi connectivity index (χ0n) is 13.5. The normalized spacial score (nSPS) is 11.4. The molecule has 128 valence electrons. The Hall–Kier alpha value is -2.93. The number of fused-ring (bicyclic) bond motifs is 1. The van der Waals surface area contributed by atoms with Crippen molar-refractivity contribution < 1.29 is 21.8 Å². The number of hydrogen-bond donors (Lipinski definition) is 0. The molecule has 0 saturated carbocycles. The van der Waals surface area contributed by atoms with Gasteiger partial charge in [0.05, 0.1) is 0 Å². The predicted octanol–water partition coefficient (Wildman–Crippen LogP) is 3.07. The van der Waals surface area contributed by atoms with E-state index in [-0.39, 0.29) is 22.0 Å². The van der Waals surface area contributed by atoms with Gasteiger partial charge >= 0.3 is 15.7 Å². The average molecular weight is 358 g/mol. The standard InChI is InChI=1S/C18H14O6S/c1-11-9-18(20)23-17-10-14(5-8-16(11)17)24-25(21,22)15-6-3-13(4-7-15)12(2)19/h3-10H,1-2H3. The molecule has 6 nitrogen and oxygen atoms in total. The molecule has 0 atom stereocenters. The molecule has 2 aromatic carbocycles. The SMILES string of the molecule is CC(=O)c1ccc(S(=O)(=O)Oc2ccc3c(C)cc(=O)oc3c2)cc1. The van der Waals surface area contributed by atoms with Crippen molar-refractivity contribution in [2.75, 3.05) is 0 Å². The quantitative estimate of drug-likeness (QED) is 0.404. The highest BCUT2D eigenvalue weighted by molar-refractivity contribution is 7.87. The number of benzene rings is 2. The van der Waals surface area contributed by atoms with E-state index < -0.39 is 15.7 Å². The number of carbonyl (C=O) groups excluding carboxylic acids is 1. The van der Waals surface area contributed by atoms with Crippen LogP contribution in [-0.4, -0.2) is 14.2 Å². The van der Waals surface area contributed by atoms with Crippen molar-refractivity contribution in [3.8, 4) is 5.75 Å². The van der Waals surface area contributed by atoms with Gasteiger partial charge in [0, 0.05) is 23.1 Å². The number of hydrogen-bond acceptors (Lipinski definition) is 6. The van der Waals surface area contributed by atoms with Gasteiger partial charge in [-0.15, -0.1) is 0 Å². The fourth-order valence-corrected chi connectivity index (χ4v) is 3.31. The molecule has 0 radical (unpaired) electrons. The Morgan fingerprint density at radius 2 is 1.72 bits per heavy atom. The van der Waals surface area contributed by atoms with Crippen LogP contribution in [0.5, 0.6) is 5.75 Å². The summed E-state index contributed by atoms with van der Waals surface area (Å²) >= 11 is 0. The highest BCUT2D eigenvalue weighted by Crippen LogP contribution is 2.25. The van der Waals surface area contributed by atoms with Crippen molar-refractivity contribution in [3.05, 3.63) is 70.1 Å². The minimum Gasteiger partial charge on any atom is -0.423 e. The predicted molar refractivity (Wildman–Crippen MR) is 91.5 cm³/mol. The summed E-state index contributed by atoms with van der Waals surface area (Å²) in [5.41, 5.74) is 0.844. The number of Topliss-reactive ketones (excluding diaryl/α,β-unsaturated/α-hetero) is 1. The molecule has 0 spiro atoms. The molecule has 0 aliphatic heterocycles. The maximum absolute atomic E-state index is 12.4. The van der Waals surface area contributed by atoms with E-state index >= 15 is 0 Å². The summed E-state index contributed by atoms with van der Waals surface area (Å²) < 4.78 is 34.9. The summed E-state index contributed by atoms with van der Waals surface area (Å²) in [4.78, 5) is 22.6. The average Bonchev–Trinajstić information content (AvgIpc) is 2.54. The second-order valence-electron chi connectivity index (χ2n) is 5.52. The summed E-state index contributed by atoms with van der Waals surface area (Å²) in [6.45, 7) is 3.15. The molecule has 0 aliphatic carbocycles. The number of ketones is 1. The van der Waals surface area contributed by atoms with Gasteiger partial charge in [-0.1, -0.05) is 12.1 Å². The van der Waals surface area contributed by atoms with E-state index in [2.05, 4.69) is 0 Å². The number of aryl methyl sites for hydroxylation is 1. The Labute approximate surface area is 143 Å². The van der Waals surface area contributed by atoms with E-state index in [4.69, 9.17) is 8.60 Å². The van der Waals surface area contributed by atoms with E-state index in [1.165, 1.54) is 49.4 Å². The number of rotatable bonds is 4. The van der Waals surface area contributed by atoms with Gasteiger partial charge in [-0.2, -0.15) is 8.42 Å². The smallest absolute Gasteiger partial charge is 0.339 e. The van der Waals surface area contributed by atoms with E-state index in [1.807, 2.05) is 0 Å². The molecule has 0 bridgehead atoms. The lowest BCUT2D eigenvalue weighted by Crippen LogP contribution is -2.10. The summed E-state index contributed by atoms with van der Waals surface area (Å²) in [7, 11) is -4.08. The molecule has 1 heterocycles. The lowest BCUT2D eigenvalue weighted by molar-refractivity contribution is 0.101. The van der Waals surface area contributed by atoms with Crippen molar-refractivity contribution in [1.82, 2.24) is 0 Å². The van der Waals surface area contributed by atoms with Crippen molar-refractivity contribution in [2.45, 2.75) is 18.7 Å². The Morgan fingerprint density at radius 3 is 2.36 bits per heavy atom. The van der Waals surface area contributed by atoms with Crippen LogP contribution in [0.4, 0.5) is 0 Å². The molecule has 0 saturated heterocycles. The molecule has 0 N–H and O–H groups in total. The number of carbonyl (C=O) groups is 1. The Kier molecular flexibility index (Phi) is 4.18. The Morgan fingerprint density at radius 1 is 1.04 bits per heavy atom. The molecule has 1 aromatic heterocycles. The zero-order valence-corrected chi connectivity index (χ0v) is 14.3. The van der Waals surface area contributed by atoms with Crippen LogP contribution in [0.3, 0.4) is 0 Å². The van der Waals surface area contributed by atoms with Gasteiger partial charge in [0.25, 0.3) is 0 Å². The molecule has 7 heteroatoms. The van der Waals surface area contributed by atoms with Crippen molar-refractivity contribution in [1.29, 1.82) is 0 Å². The van der Waals surface area contributed by atoms with Crippen LogP contribution in [0.15, 0.2) is 62.6 Å². The van der Waals surface area contributed by atoms with Crippen LogP contribution in [0.1, 0.15) is 22.8 Å². The summed E-state index contributed by atoms with van der Waals surface area (Å²) in [6.07, 6.45) is 0. The molecule has 0 fully saturated rings. The van der Waals surface area contributed by atoms with Crippen LogP contribution < -0.4 is 9.81 Å². The van der Waals surface area contributed by atoms with Gasteiger partial charge in [0.2, 0.25) is 0 Å². The van der Waals surface area contributed by atoms with Gasteiger partial charge in [-0.25, -0.2) is 4.79 Å². The van der Waals surface area contributed by atoms with Crippen LogP contribution in [0.2, 0.25) is 0 Å². The van der Waals surface area contributed by atoms with Gasteiger partial charge in [-0.05, 0) is 43.7 Å². The van der Waals surface area contributed by atoms with E-state index in [9.17, 15) is 18.0 Å². The van der Waals surface area contributed by atoms with Crippen LogP contribution in [-0.2, 0) is 10.1 Å². The third-order valence-electron chi connectivity index (χ3n) is 3.68. The second-order valence-corrected chi connectivity index (χ2v) is 7.07. The minimum absolute atomic E-state index is 0.0249. The molecule has 3 aromatic rings. The third-order valence-corrected chi connectivity index (χ3v) is 4.94. The fourth-order valence-electron chi connectivity index (χ4n) is 2.39. The maximum Gasteiger partial charge on any atom is 0.339 e. The first-order valence-electron chi connectivity index (χ1n) is 7.36. The third kappa shape index (κ3) is 3.46. The first-order valence-corrected chi connectivity index (χ1v) is 8.77. The van der Waals surface area contributed by atoms with E-state index in [0.29, 0.717) is 10.9 Å². The molecule has 3 rings (SSSR count). The summed E-state index contributed by atoms with van der Waals surface area (Å²) in [6, 6.07) is 11.3. The lowest BCUT2D eigenvalue weighted by atomic mass is 10.1. The molecule has 25 heavy (non-hydrogen) atoms.